The van der Waals surface area contributed by atoms with E-state index in [0.29, 0.717) is 5.39 Å². The van der Waals surface area contributed by atoms with Gasteiger partial charge in [-0.1, -0.05) is 84.1 Å². The minimum absolute atomic E-state index is 0.0175. The number of unbranched alkanes of at least 4 members (excludes halogenated alkanes) is 10. The number of fused-ring (bicyclic) bond motifs is 8. The monoisotopic (exact) mass is 766 g/mol. The lowest BCUT2D eigenvalue weighted by Gasteiger charge is -2.06. The molecule has 0 aliphatic rings. The Morgan fingerprint density at radius 3 is 1.58 bits per heavy atom. The molecular formula is C44H54N4O2S3. The molecule has 1 aromatic carbocycles. The lowest BCUT2D eigenvalue weighted by atomic mass is 10.0. The van der Waals surface area contributed by atoms with Crippen LogP contribution in [0.1, 0.15) is 113 Å². The van der Waals surface area contributed by atoms with Crippen molar-refractivity contribution in [3.8, 4) is 0 Å². The molecule has 7 aromatic heterocycles. The van der Waals surface area contributed by atoms with E-state index in [4.69, 9.17) is 0 Å². The lowest BCUT2D eigenvalue weighted by Crippen LogP contribution is -2.17. The molecular weight excluding hydrogens is 713 g/mol. The molecule has 0 saturated heterocycles. The van der Waals surface area contributed by atoms with Crippen LogP contribution in [0.4, 0.5) is 0 Å². The SMILES string of the molecule is CCCCCCCCNCCCc1cc2c(cc3c4ccc5c(=O)n6c7cc(CCCNCCCCCCCC)sc7cc6c6sc(c(=O)n23)c4c56)s1. The molecule has 0 aliphatic carbocycles. The summed E-state index contributed by atoms with van der Waals surface area (Å²) in [6, 6.07) is 12.9. The minimum atomic E-state index is 0.0175. The van der Waals surface area contributed by atoms with Crippen LogP contribution < -0.4 is 21.8 Å². The summed E-state index contributed by atoms with van der Waals surface area (Å²) in [6.07, 6.45) is 20.2. The number of thiophene rings is 3. The van der Waals surface area contributed by atoms with Gasteiger partial charge in [-0.25, -0.2) is 0 Å². The van der Waals surface area contributed by atoms with Crippen LogP contribution in [0.25, 0.3) is 62.4 Å². The number of aromatic nitrogens is 2. The van der Waals surface area contributed by atoms with Gasteiger partial charge in [-0.15, -0.1) is 34.0 Å². The van der Waals surface area contributed by atoms with Gasteiger partial charge < -0.3 is 10.6 Å². The summed E-state index contributed by atoms with van der Waals surface area (Å²) in [5, 5.41) is 10.9. The summed E-state index contributed by atoms with van der Waals surface area (Å²) >= 11 is 5.19. The van der Waals surface area contributed by atoms with Crippen molar-refractivity contribution in [1.29, 1.82) is 0 Å². The molecule has 9 heteroatoms. The zero-order valence-electron chi connectivity index (χ0n) is 31.5. The first-order valence-electron chi connectivity index (χ1n) is 20.5. The van der Waals surface area contributed by atoms with E-state index in [-0.39, 0.29) is 11.1 Å². The molecule has 0 atom stereocenters. The highest BCUT2D eigenvalue weighted by molar-refractivity contribution is 7.27. The highest BCUT2D eigenvalue weighted by Crippen LogP contribution is 2.44. The first-order valence-corrected chi connectivity index (χ1v) is 22.9. The van der Waals surface area contributed by atoms with E-state index in [1.165, 1.54) is 86.8 Å². The van der Waals surface area contributed by atoms with Gasteiger partial charge in [0.05, 0.1) is 36.2 Å². The third kappa shape index (κ3) is 7.25. The van der Waals surface area contributed by atoms with Gasteiger partial charge in [0, 0.05) is 31.3 Å². The van der Waals surface area contributed by atoms with E-state index in [0.717, 1.165) is 109 Å². The Kier molecular flexibility index (Phi) is 11.6. The van der Waals surface area contributed by atoms with Crippen LogP contribution in [-0.4, -0.2) is 35.0 Å². The van der Waals surface area contributed by atoms with Crippen molar-refractivity contribution in [2.45, 2.75) is 117 Å². The van der Waals surface area contributed by atoms with Crippen LogP contribution in [0.3, 0.4) is 0 Å². The number of pyridine rings is 2. The van der Waals surface area contributed by atoms with E-state index < -0.39 is 0 Å². The predicted molar refractivity (Wildman–Crippen MR) is 234 cm³/mol. The van der Waals surface area contributed by atoms with E-state index in [1.807, 2.05) is 37.5 Å². The quantitative estimate of drug-likeness (QED) is 0.0532. The predicted octanol–water partition coefficient (Wildman–Crippen LogP) is 11.5. The van der Waals surface area contributed by atoms with E-state index in [2.05, 4.69) is 54.8 Å². The largest absolute Gasteiger partial charge is 0.317 e. The molecule has 0 spiro atoms. The number of hydrogen-bond acceptors (Lipinski definition) is 7. The summed E-state index contributed by atoms with van der Waals surface area (Å²) in [4.78, 5) is 31.2. The second kappa shape index (κ2) is 16.7. The van der Waals surface area contributed by atoms with Crippen molar-refractivity contribution in [2.24, 2.45) is 0 Å². The average Bonchev–Trinajstić information content (AvgIpc) is 3.97. The van der Waals surface area contributed by atoms with Crippen LogP contribution in [0.5, 0.6) is 0 Å². The smallest absolute Gasteiger partial charge is 0.273 e. The highest BCUT2D eigenvalue weighted by Gasteiger charge is 2.24. The topological polar surface area (TPSA) is 67.0 Å². The van der Waals surface area contributed by atoms with Crippen LogP contribution in [-0.2, 0) is 12.8 Å². The summed E-state index contributed by atoms with van der Waals surface area (Å²) in [6.45, 7) is 8.80. The van der Waals surface area contributed by atoms with Gasteiger partial charge in [-0.2, -0.15) is 0 Å². The molecule has 8 aromatic rings. The summed E-state index contributed by atoms with van der Waals surface area (Å²) < 4.78 is 7.97. The fraction of sp³-hybridized carbons (Fsp3) is 0.500. The van der Waals surface area contributed by atoms with Crippen molar-refractivity contribution in [3.05, 3.63) is 66.9 Å². The third-order valence-corrected chi connectivity index (χ3v) is 14.7. The van der Waals surface area contributed by atoms with Crippen LogP contribution in [0.15, 0.2) is 46.0 Å². The van der Waals surface area contributed by atoms with Gasteiger partial charge in [0.15, 0.2) is 0 Å². The molecule has 0 aliphatic heterocycles. The first kappa shape index (κ1) is 36.9. The molecule has 0 radical (unpaired) electrons. The molecule has 6 nitrogen and oxygen atoms in total. The second-order valence-electron chi connectivity index (χ2n) is 15.2. The molecule has 0 fully saturated rings. The third-order valence-electron chi connectivity index (χ3n) is 11.3. The van der Waals surface area contributed by atoms with Crippen LogP contribution >= 0.6 is 34.0 Å². The number of rotatable bonds is 22. The minimum Gasteiger partial charge on any atom is -0.317 e. The molecule has 53 heavy (non-hydrogen) atoms. The van der Waals surface area contributed by atoms with Crippen molar-refractivity contribution in [2.75, 3.05) is 26.2 Å². The molecule has 0 unspecified atom stereocenters. The van der Waals surface area contributed by atoms with Gasteiger partial charge in [0.1, 0.15) is 4.70 Å². The average molecular weight is 767 g/mol. The first-order chi connectivity index (χ1) is 26.1. The Bertz CT molecular complexity index is 2570. The van der Waals surface area contributed by atoms with Crippen molar-refractivity contribution >= 4 is 96.4 Å². The van der Waals surface area contributed by atoms with Gasteiger partial charge in [0.2, 0.25) is 0 Å². The molecule has 8 rings (SSSR count). The summed E-state index contributed by atoms with van der Waals surface area (Å²) in [7, 11) is 0. The number of nitrogens with zero attached hydrogens (tertiary/aromatic N) is 2. The number of benzene rings is 1. The summed E-state index contributed by atoms with van der Waals surface area (Å²) in [5.41, 5.74) is 3.95. The van der Waals surface area contributed by atoms with E-state index in [1.54, 1.807) is 11.3 Å². The lowest BCUT2D eigenvalue weighted by molar-refractivity contribution is 0.565. The van der Waals surface area contributed by atoms with Gasteiger partial charge in [0.25, 0.3) is 11.1 Å². The van der Waals surface area contributed by atoms with Crippen molar-refractivity contribution < 1.29 is 0 Å². The standard InChI is InChI=1S/C44H54N4O2S3/c1-3-5-7-9-11-13-21-45-23-15-17-29-25-34-37(51-29)27-33-31-19-20-32-40-39(31)42(44(50)47(33)34)53-41(40)36-28-38-35(48(36)43(32)49)26-30(52-38)18-16-24-46-22-14-12-10-8-6-4-2/h19-20,25-28,45-46H,3-18,21-24H2,1-2H3. The number of aryl methyl sites for hydroxylation is 2. The van der Waals surface area contributed by atoms with Crippen LogP contribution in [0.2, 0.25) is 0 Å². The number of hydrogen-bond donors (Lipinski definition) is 2. The van der Waals surface area contributed by atoms with Crippen LogP contribution in [0, 0.1) is 0 Å². The van der Waals surface area contributed by atoms with Gasteiger partial charge in [-0.3, -0.25) is 18.4 Å². The van der Waals surface area contributed by atoms with Gasteiger partial charge in [-0.05, 0) is 95.0 Å². The van der Waals surface area contributed by atoms with E-state index in [9.17, 15) is 9.59 Å². The Balaban J connectivity index is 0.997. The van der Waals surface area contributed by atoms with Crippen molar-refractivity contribution in [1.82, 2.24) is 19.4 Å². The maximum Gasteiger partial charge on any atom is 0.273 e. The Labute approximate surface area is 323 Å². The summed E-state index contributed by atoms with van der Waals surface area (Å²) in [5.74, 6) is 0. The maximum absolute atomic E-state index is 14.4. The molecule has 2 N–H and O–H groups in total. The zero-order chi connectivity index (χ0) is 36.3. The normalized spacial score (nSPS) is 12.6. The molecule has 280 valence electrons. The Hall–Kier alpha value is -3.08. The number of nitrogens with one attached hydrogen (secondary N) is 2. The fourth-order valence-electron chi connectivity index (χ4n) is 8.44. The second-order valence-corrected chi connectivity index (χ2v) is 18.5. The Morgan fingerprint density at radius 2 is 0.981 bits per heavy atom. The highest BCUT2D eigenvalue weighted by atomic mass is 32.1. The Morgan fingerprint density at radius 1 is 0.491 bits per heavy atom. The molecule has 0 amide bonds. The fourth-order valence-corrected chi connectivity index (χ4v) is 12.0. The van der Waals surface area contributed by atoms with Gasteiger partial charge >= 0.3 is 0 Å². The molecule has 0 bridgehead atoms. The molecule has 7 heterocycles. The molecule has 0 saturated carbocycles. The van der Waals surface area contributed by atoms with Crippen molar-refractivity contribution in [3.63, 3.8) is 0 Å². The van der Waals surface area contributed by atoms with E-state index >= 15 is 0 Å². The zero-order valence-corrected chi connectivity index (χ0v) is 34.0. The maximum atomic E-state index is 14.4.